The molecular formula is C9H11. The summed E-state index contributed by atoms with van der Waals surface area (Å²) in [7, 11) is 0. The van der Waals surface area contributed by atoms with E-state index < -0.39 is 0 Å². The summed E-state index contributed by atoms with van der Waals surface area (Å²) in [4.78, 5) is 0. The van der Waals surface area contributed by atoms with E-state index >= 15 is 0 Å². The lowest BCUT2D eigenvalue weighted by Crippen LogP contribution is -1.68. The Hall–Kier alpha value is -0.880. The topological polar surface area (TPSA) is 0 Å². The van der Waals surface area contributed by atoms with Gasteiger partial charge in [0.15, 0.2) is 0 Å². The Morgan fingerprint density at radius 2 is 1.89 bits per heavy atom. The average molecular weight is 119 g/mol. The SMILES string of the molecule is [CH2]C#CCCCC#CC. The second-order valence-corrected chi connectivity index (χ2v) is 1.63. The van der Waals surface area contributed by atoms with E-state index in [0.29, 0.717) is 0 Å². The lowest BCUT2D eigenvalue weighted by molar-refractivity contribution is 0.903. The maximum absolute atomic E-state index is 3.41. The van der Waals surface area contributed by atoms with Gasteiger partial charge >= 0.3 is 0 Å². The molecule has 0 amide bonds. The van der Waals surface area contributed by atoms with Gasteiger partial charge in [-0.1, -0.05) is 0 Å². The predicted molar refractivity (Wildman–Crippen MR) is 40.4 cm³/mol. The van der Waals surface area contributed by atoms with Crippen LogP contribution in [0.25, 0.3) is 0 Å². The molecule has 0 heterocycles. The van der Waals surface area contributed by atoms with E-state index in [9.17, 15) is 0 Å². The summed E-state index contributed by atoms with van der Waals surface area (Å²) < 4.78 is 0. The molecule has 0 aromatic rings. The molecular weight excluding hydrogens is 108 g/mol. The molecule has 9 heavy (non-hydrogen) atoms. The van der Waals surface area contributed by atoms with Gasteiger partial charge in [-0.25, -0.2) is 0 Å². The third kappa shape index (κ3) is 7.12. The van der Waals surface area contributed by atoms with Crippen molar-refractivity contribution >= 4 is 0 Å². The molecule has 0 nitrogen and oxygen atoms in total. The van der Waals surface area contributed by atoms with Crippen molar-refractivity contribution in [1.82, 2.24) is 0 Å². The largest absolute Gasteiger partial charge is 0.107 e. The Morgan fingerprint density at radius 1 is 1.22 bits per heavy atom. The van der Waals surface area contributed by atoms with Crippen molar-refractivity contribution in [2.75, 3.05) is 0 Å². The van der Waals surface area contributed by atoms with Gasteiger partial charge in [0.05, 0.1) is 0 Å². The average Bonchev–Trinajstić information content (AvgIpc) is 1.89. The molecule has 0 N–H and O–H groups in total. The lowest BCUT2D eigenvalue weighted by atomic mass is 10.2. The first-order valence-electron chi connectivity index (χ1n) is 3.06. The molecule has 0 rings (SSSR count). The van der Waals surface area contributed by atoms with Crippen LogP contribution < -0.4 is 0 Å². The van der Waals surface area contributed by atoms with Crippen LogP contribution in [0.3, 0.4) is 0 Å². The summed E-state index contributed by atoms with van der Waals surface area (Å²) in [6.45, 7) is 5.26. The van der Waals surface area contributed by atoms with Crippen LogP contribution in [0.2, 0.25) is 0 Å². The van der Waals surface area contributed by atoms with Gasteiger partial charge < -0.3 is 0 Å². The molecule has 0 heteroatoms. The van der Waals surface area contributed by atoms with Crippen molar-refractivity contribution < 1.29 is 0 Å². The van der Waals surface area contributed by atoms with Gasteiger partial charge in [0.25, 0.3) is 0 Å². The molecule has 0 fully saturated rings. The van der Waals surface area contributed by atoms with Crippen LogP contribution in [0, 0.1) is 30.6 Å². The van der Waals surface area contributed by atoms with Gasteiger partial charge in [-0.2, -0.15) is 0 Å². The Balaban J connectivity index is 3.04. The first kappa shape index (κ1) is 8.12. The van der Waals surface area contributed by atoms with E-state index in [2.05, 4.69) is 30.6 Å². The van der Waals surface area contributed by atoms with Crippen LogP contribution >= 0.6 is 0 Å². The van der Waals surface area contributed by atoms with Crippen LogP contribution in [-0.4, -0.2) is 0 Å². The van der Waals surface area contributed by atoms with Gasteiger partial charge in [-0.05, 0) is 13.3 Å². The molecule has 0 saturated carbocycles. The Morgan fingerprint density at radius 3 is 2.44 bits per heavy atom. The van der Waals surface area contributed by atoms with Gasteiger partial charge in [-0.15, -0.1) is 23.7 Å². The Labute approximate surface area is 57.7 Å². The van der Waals surface area contributed by atoms with Crippen molar-refractivity contribution in [2.45, 2.75) is 26.2 Å². The summed E-state index contributed by atoms with van der Waals surface area (Å²) in [5, 5.41) is 0. The van der Waals surface area contributed by atoms with Crippen LogP contribution in [0.1, 0.15) is 26.2 Å². The second-order valence-electron chi connectivity index (χ2n) is 1.63. The number of hydrogen-bond donors (Lipinski definition) is 0. The molecule has 0 aromatic heterocycles. The quantitative estimate of drug-likeness (QED) is 0.385. The zero-order valence-electron chi connectivity index (χ0n) is 5.83. The predicted octanol–water partition coefficient (Wildman–Crippen LogP) is 2.02. The Bertz CT molecular complexity index is 136. The first-order valence-corrected chi connectivity index (χ1v) is 3.06. The van der Waals surface area contributed by atoms with Gasteiger partial charge in [0.2, 0.25) is 0 Å². The fourth-order valence-corrected chi connectivity index (χ4v) is 0.479. The van der Waals surface area contributed by atoms with Crippen molar-refractivity contribution in [1.29, 1.82) is 0 Å². The van der Waals surface area contributed by atoms with E-state index in [1.165, 1.54) is 0 Å². The highest BCUT2D eigenvalue weighted by Crippen LogP contribution is 1.90. The molecule has 1 radical (unpaired) electrons. The standard InChI is InChI=1S/C9H11/c1-3-5-7-9-8-6-4-2/h1,7-9H2,2H3. The molecule has 0 aliphatic heterocycles. The molecule has 0 aliphatic rings. The van der Waals surface area contributed by atoms with Crippen molar-refractivity contribution in [3.8, 4) is 23.7 Å². The molecule has 0 saturated heterocycles. The summed E-state index contributed by atoms with van der Waals surface area (Å²) in [5.41, 5.74) is 0. The summed E-state index contributed by atoms with van der Waals surface area (Å²) in [6.07, 6.45) is 2.96. The third-order valence-corrected chi connectivity index (χ3v) is 0.905. The molecule has 0 bridgehead atoms. The van der Waals surface area contributed by atoms with E-state index in [4.69, 9.17) is 0 Å². The fourth-order valence-electron chi connectivity index (χ4n) is 0.479. The minimum absolute atomic E-state index is 0.929. The minimum Gasteiger partial charge on any atom is -0.107 e. The van der Waals surface area contributed by atoms with Crippen molar-refractivity contribution in [3.63, 3.8) is 0 Å². The van der Waals surface area contributed by atoms with E-state index in [0.717, 1.165) is 19.3 Å². The fraction of sp³-hybridized carbons (Fsp3) is 0.444. The second kappa shape index (κ2) is 7.12. The Kier molecular flexibility index (Phi) is 6.42. The zero-order chi connectivity index (χ0) is 6.95. The van der Waals surface area contributed by atoms with Gasteiger partial charge in [0.1, 0.15) is 0 Å². The van der Waals surface area contributed by atoms with Crippen molar-refractivity contribution in [3.05, 3.63) is 6.92 Å². The van der Waals surface area contributed by atoms with E-state index in [1.54, 1.807) is 0 Å². The maximum atomic E-state index is 3.41. The minimum atomic E-state index is 0.929. The number of hydrogen-bond acceptors (Lipinski definition) is 0. The van der Waals surface area contributed by atoms with Gasteiger partial charge in [-0.3, -0.25) is 0 Å². The van der Waals surface area contributed by atoms with Crippen LogP contribution in [-0.2, 0) is 0 Å². The zero-order valence-corrected chi connectivity index (χ0v) is 5.83. The molecule has 0 aromatic carbocycles. The van der Waals surface area contributed by atoms with Crippen molar-refractivity contribution in [2.24, 2.45) is 0 Å². The monoisotopic (exact) mass is 119 g/mol. The maximum Gasteiger partial charge on any atom is 0.0198 e. The highest BCUT2D eigenvalue weighted by atomic mass is 13.8. The van der Waals surface area contributed by atoms with Gasteiger partial charge in [0, 0.05) is 19.8 Å². The molecule has 0 aliphatic carbocycles. The molecule has 0 atom stereocenters. The third-order valence-electron chi connectivity index (χ3n) is 0.905. The normalized spacial score (nSPS) is 6.44. The van der Waals surface area contributed by atoms with E-state index in [1.807, 2.05) is 6.92 Å². The van der Waals surface area contributed by atoms with Crippen LogP contribution in [0.15, 0.2) is 0 Å². The molecule has 47 valence electrons. The van der Waals surface area contributed by atoms with E-state index in [-0.39, 0.29) is 0 Å². The summed E-state index contributed by atoms with van der Waals surface area (Å²) in [5.74, 6) is 11.3. The summed E-state index contributed by atoms with van der Waals surface area (Å²) in [6, 6.07) is 0. The highest BCUT2D eigenvalue weighted by molar-refractivity contribution is 5.02. The lowest BCUT2D eigenvalue weighted by Gasteiger charge is -1.81. The number of rotatable bonds is 2. The number of unbranched alkanes of at least 4 members (excludes halogenated alkanes) is 2. The summed E-state index contributed by atoms with van der Waals surface area (Å²) >= 11 is 0. The molecule has 0 spiro atoms. The highest BCUT2D eigenvalue weighted by Gasteiger charge is 1.76. The van der Waals surface area contributed by atoms with Crippen LogP contribution in [0.5, 0.6) is 0 Å². The van der Waals surface area contributed by atoms with Crippen LogP contribution in [0.4, 0.5) is 0 Å². The first-order chi connectivity index (χ1) is 4.41. The molecule has 0 unspecified atom stereocenters. The smallest absolute Gasteiger partial charge is 0.0198 e.